The van der Waals surface area contributed by atoms with Crippen LogP contribution in [-0.2, 0) is 0 Å². The lowest BCUT2D eigenvalue weighted by atomic mass is 10.0. The maximum atomic E-state index is 13.4. The Labute approximate surface area is 141 Å². The molecule has 1 aromatic heterocycles. The van der Waals surface area contributed by atoms with Gasteiger partial charge in [-0.25, -0.2) is 4.39 Å². The number of rotatable bonds is 2. The molecule has 1 heterocycles. The number of ketones is 1. The highest BCUT2D eigenvalue weighted by atomic mass is 79.9. The first kappa shape index (κ1) is 14.7. The number of fused-ring (bicyclic) bond motifs is 1. The number of anilines is 1. The van der Waals surface area contributed by atoms with E-state index in [9.17, 15) is 9.18 Å². The maximum Gasteiger partial charge on any atom is 0.195 e. The predicted molar refractivity (Wildman–Crippen MR) is 91.5 cm³/mol. The number of hydrogen-bond acceptors (Lipinski definition) is 3. The molecular formula is C15H8Br2FNOS. The number of hydrogen-bond donors (Lipinski definition) is 1. The summed E-state index contributed by atoms with van der Waals surface area (Å²) in [6.45, 7) is 0. The summed E-state index contributed by atoms with van der Waals surface area (Å²) in [7, 11) is 0. The minimum Gasteiger partial charge on any atom is -0.396 e. The molecular weight excluding hydrogens is 421 g/mol. The molecule has 2 nitrogen and oxygen atoms in total. The van der Waals surface area contributed by atoms with E-state index in [1.54, 1.807) is 0 Å². The van der Waals surface area contributed by atoms with Crippen molar-refractivity contribution < 1.29 is 9.18 Å². The molecule has 3 aromatic rings. The van der Waals surface area contributed by atoms with E-state index in [2.05, 4.69) is 31.9 Å². The predicted octanol–water partition coefficient (Wildman–Crippen LogP) is 5.38. The average Bonchev–Trinajstić information content (AvgIpc) is 2.87. The standard InChI is InChI=1S/C15H8Br2FNOS/c16-10-3-1-2-7-9(6-21-15(7)10)14(20)8-4-13(19)12(18)5-11(8)17/h1-6H,19H2. The molecule has 0 aliphatic heterocycles. The normalized spacial score (nSPS) is 11.0. The summed E-state index contributed by atoms with van der Waals surface area (Å²) >= 11 is 8.18. The second kappa shape index (κ2) is 5.51. The Morgan fingerprint density at radius 3 is 2.67 bits per heavy atom. The van der Waals surface area contributed by atoms with Crippen molar-refractivity contribution in [3.8, 4) is 0 Å². The highest BCUT2D eigenvalue weighted by Crippen LogP contribution is 2.34. The Balaban J connectivity index is 2.18. The fourth-order valence-electron chi connectivity index (χ4n) is 2.08. The Kier molecular flexibility index (Phi) is 3.86. The van der Waals surface area contributed by atoms with Crippen LogP contribution in [0.5, 0.6) is 0 Å². The zero-order valence-corrected chi connectivity index (χ0v) is 14.5. The lowest BCUT2D eigenvalue weighted by molar-refractivity contribution is 0.104. The van der Waals surface area contributed by atoms with Crippen LogP contribution in [0.3, 0.4) is 0 Å². The molecule has 2 aromatic carbocycles. The van der Waals surface area contributed by atoms with E-state index in [0.717, 1.165) is 14.6 Å². The molecule has 0 spiro atoms. The van der Waals surface area contributed by atoms with Crippen LogP contribution < -0.4 is 5.73 Å². The summed E-state index contributed by atoms with van der Waals surface area (Å²) in [5, 5.41) is 2.68. The number of benzene rings is 2. The molecule has 0 aliphatic rings. The van der Waals surface area contributed by atoms with Crippen LogP contribution in [0.1, 0.15) is 15.9 Å². The summed E-state index contributed by atoms with van der Waals surface area (Å²) in [6.07, 6.45) is 0. The Morgan fingerprint density at radius 2 is 1.90 bits per heavy atom. The SMILES string of the molecule is Nc1cc(C(=O)c2csc3c(Br)cccc23)c(Br)cc1F. The van der Waals surface area contributed by atoms with Crippen molar-refractivity contribution in [2.24, 2.45) is 0 Å². The summed E-state index contributed by atoms with van der Waals surface area (Å²) in [5.41, 5.74) is 6.47. The van der Waals surface area contributed by atoms with Crippen LogP contribution in [-0.4, -0.2) is 5.78 Å². The lowest BCUT2D eigenvalue weighted by Crippen LogP contribution is -2.04. The van der Waals surface area contributed by atoms with Gasteiger partial charge in [-0.05, 0) is 50.1 Å². The van der Waals surface area contributed by atoms with Gasteiger partial charge in [-0.15, -0.1) is 11.3 Å². The monoisotopic (exact) mass is 427 g/mol. The fraction of sp³-hybridized carbons (Fsp3) is 0. The van der Waals surface area contributed by atoms with E-state index in [1.165, 1.54) is 23.5 Å². The van der Waals surface area contributed by atoms with Crippen molar-refractivity contribution in [2.75, 3.05) is 5.73 Å². The number of carbonyl (C=O) groups is 1. The van der Waals surface area contributed by atoms with Gasteiger partial charge in [-0.1, -0.05) is 12.1 Å². The minimum atomic E-state index is -0.545. The molecule has 3 rings (SSSR count). The van der Waals surface area contributed by atoms with E-state index in [1.807, 2.05) is 23.6 Å². The van der Waals surface area contributed by atoms with Gasteiger partial charge < -0.3 is 5.73 Å². The molecule has 0 saturated carbocycles. The number of carbonyl (C=O) groups excluding carboxylic acids is 1. The molecule has 0 aliphatic carbocycles. The third kappa shape index (κ3) is 2.52. The van der Waals surface area contributed by atoms with Crippen molar-refractivity contribution >= 4 is 64.8 Å². The number of nitrogen functional groups attached to an aromatic ring is 1. The fourth-order valence-corrected chi connectivity index (χ4v) is 4.18. The van der Waals surface area contributed by atoms with Crippen molar-refractivity contribution in [3.05, 3.63) is 61.6 Å². The van der Waals surface area contributed by atoms with Crippen LogP contribution in [0.15, 0.2) is 44.7 Å². The molecule has 0 radical (unpaired) electrons. The Bertz CT molecular complexity index is 875. The van der Waals surface area contributed by atoms with Gasteiger partial charge in [0.05, 0.1) is 5.69 Å². The summed E-state index contributed by atoms with van der Waals surface area (Å²) in [5.74, 6) is -0.728. The number of halogens is 3. The van der Waals surface area contributed by atoms with Crippen molar-refractivity contribution in [1.82, 2.24) is 0 Å². The molecule has 106 valence electrons. The molecule has 0 amide bonds. The molecule has 0 unspecified atom stereocenters. The Hall–Kier alpha value is -1.24. The van der Waals surface area contributed by atoms with Crippen LogP contribution in [0, 0.1) is 5.82 Å². The van der Waals surface area contributed by atoms with Gasteiger partial charge in [0, 0.05) is 35.5 Å². The first-order chi connectivity index (χ1) is 9.99. The van der Waals surface area contributed by atoms with Crippen molar-refractivity contribution in [2.45, 2.75) is 0 Å². The van der Waals surface area contributed by atoms with Crippen LogP contribution in [0.4, 0.5) is 10.1 Å². The summed E-state index contributed by atoms with van der Waals surface area (Å²) < 4.78 is 15.8. The van der Waals surface area contributed by atoms with E-state index in [-0.39, 0.29) is 11.5 Å². The smallest absolute Gasteiger partial charge is 0.195 e. The molecule has 0 bridgehead atoms. The topological polar surface area (TPSA) is 43.1 Å². The average molecular weight is 429 g/mol. The summed E-state index contributed by atoms with van der Waals surface area (Å²) in [6, 6.07) is 8.28. The second-order valence-electron chi connectivity index (χ2n) is 4.45. The molecule has 0 saturated heterocycles. The van der Waals surface area contributed by atoms with Gasteiger partial charge in [0.1, 0.15) is 5.82 Å². The third-order valence-electron chi connectivity index (χ3n) is 3.13. The highest BCUT2D eigenvalue weighted by molar-refractivity contribution is 9.11. The van der Waals surface area contributed by atoms with E-state index in [4.69, 9.17) is 5.73 Å². The number of thiophene rings is 1. The van der Waals surface area contributed by atoms with E-state index in [0.29, 0.717) is 15.6 Å². The zero-order chi connectivity index (χ0) is 15.1. The van der Waals surface area contributed by atoms with Gasteiger partial charge in [0.15, 0.2) is 5.78 Å². The summed E-state index contributed by atoms with van der Waals surface area (Å²) in [4.78, 5) is 12.7. The van der Waals surface area contributed by atoms with Crippen LogP contribution in [0.25, 0.3) is 10.1 Å². The molecule has 21 heavy (non-hydrogen) atoms. The molecule has 2 N–H and O–H groups in total. The van der Waals surface area contributed by atoms with Crippen LogP contribution >= 0.6 is 43.2 Å². The first-order valence-electron chi connectivity index (χ1n) is 5.94. The van der Waals surface area contributed by atoms with E-state index < -0.39 is 5.82 Å². The largest absolute Gasteiger partial charge is 0.396 e. The molecule has 6 heteroatoms. The van der Waals surface area contributed by atoms with Crippen molar-refractivity contribution in [1.29, 1.82) is 0 Å². The maximum absolute atomic E-state index is 13.4. The second-order valence-corrected chi connectivity index (χ2v) is 7.04. The van der Waals surface area contributed by atoms with Crippen molar-refractivity contribution in [3.63, 3.8) is 0 Å². The van der Waals surface area contributed by atoms with Gasteiger partial charge in [-0.2, -0.15) is 0 Å². The number of nitrogens with two attached hydrogens (primary N) is 1. The van der Waals surface area contributed by atoms with Gasteiger partial charge in [0.25, 0.3) is 0 Å². The lowest BCUT2D eigenvalue weighted by Gasteiger charge is -2.06. The van der Waals surface area contributed by atoms with E-state index >= 15 is 0 Å². The van der Waals surface area contributed by atoms with Gasteiger partial charge in [0.2, 0.25) is 0 Å². The van der Waals surface area contributed by atoms with Crippen LogP contribution in [0.2, 0.25) is 0 Å². The van der Waals surface area contributed by atoms with Gasteiger partial charge in [-0.3, -0.25) is 4.79 Å². The third-order valence-corrected chi connectivity index (χ3v) is 5.74. The molecule has 0 atom stereocenters. The Morgan fingerprint density at radius 1 is 1.14 bits per heavy atom. The zero-order valence-electron chi connectivity index (χ0n) is 10.5. The quantitative estimate of drug-likeness (QED) is 0.439. The first-order valence-corrected chi connectivity index (χ1v) is 8.40. The molecule has 0 fully saturated rings. The highest BCUT2D eigenvalue weighted by Gasteiger charge is 2.19. The minimum absolute atomic E-state index is 0.0396. The van der Waals surface area contributed by atoms with Gasteiger partial charge >= 0.3 is 0 Å².